The molecule has 0 saturated heterocycles. The van der Waals surface area contributed by atoms with Crippen LogP contribution in [0.5, 0.6) is 0 Å². The molecule has 1 aliphatic rings. The van der Waals surface area contributed by atoms with Crippen molar-refractivity contribution in [3.05, 3.63) is 96.4 Å². The Balaban J connectivity index is 1.73. The van der Waals surface area contributed by atoms with Gasteiger partial charge in [0.05, 0.1) is 12.3 Å². The summed E-state index contributed by atoms with van der Waals surface area (Å²) in [6.07, 6.45) is 1.43. The summed E-state index contributed by atoms with van der Waals surface area (Å²) in [7, 11) is 0. The van der Waals surface area contributed by atoms with Crippen LogP contribution >= 0.6 is 0 Å². The number of amidine groups is 1. The van der Waals surface area contributed by atoms with Crippen LogP contribution in [0, 0.1) is 5.82 Å². The van der Waals surface area contributed by atoms with E-state index in [-0.39, 0.29) is 18.3 Å². The minimum Gasteiger partial charge on any atom is -0.460 e. The Morgan fingerprint density at radius 2 is 1.72 bits per heavy atom. The number of hydrazone groups is 1. The molecule has 0 fully saturated rings. The predicted octanol–water partition coefficient (Wildman–Crippen LogP) is 5.21. The van der Waals surface area contributed by atoms with Crippen molar-refractivity contribution in [2.45, 2.75) is 13.1 Å². The van der Waals surface area contributed by atoms with E-state index in [9.17, 15) is 9.18 Å². The van der Waals surface area contributed by atoms with E-state index >= 15 is 0 Å². The number of aromatic amines is 1. The highest BCUT2D eigenvalue weighted by Crippen LogP contribution is 2.41. The van der Waals surface area contributed by atoms with Crippen molar-refractivity contribution >= 4 is 34.1 Å². The Morgan fingerprint density at radius 3 is 2.47 bits per heavy atom. The molecule has 0 aliphatic carbocycles. The molecule has 1 atom stereocenters. The minimum absolute atomic E-state index is 0.137. The smallest absolute Gasteiger partial charge is 0.376 e. The highest BCUT2D eigenvalue weighted by Gasteiger charge is 2.42. The van der Waals surface area contributed by atoms with Gasteiger partial charge in [-0.25, -0.2) is 14.2 Å². The molecule has 3 aromatic carbocycles. The van der Waals surface area contributed by atoms with Crippen molar-refractivity contribution < 1.29 is 13.9 Å². The van der Waals surface area contributed by atoms with E-state index in [0.29, 0.717) is 5.69 Å². The molecule has 1 aromatic heterocycles. The second-order valence-electron chi connectivity index (χ2n) is 7.33. The van der Waals surface area contributed by atoms with Crippen molar-refractivity contribution in [3.63, 3.8) is 0 Å². The Hall–Kier alpha value is -4.13. The van der Waals surface area contributed by atoms with Gasteiger partial charge in [-0.3, -0.25) is 4.90 Å². The lowest BCUT2D eigenvalue weighted by Gasteiger charge is -2.31. The molecule has 32 heavy (non-hydrogen) atoms. The van der Waals surface area contributed by atoms with E-state index in [1.54, 1.807) is 29.0 Å². The second kappa shape index (κ2) is 8.19. The third kappa shape index (κ3) is 3.37. The largest absolute Gasteiger partial charge is 0.460 e. The number of benzene rings is 3. The summed E-state index contributed by atoms with van der Waals surface area (Å²) >= 11 is 0. The van der Waals surface area contributed by atoms with Crippen LogP contribution in [0.15, 0.2) is 90.2 Å². The molecular weight excluding hydrogens is 407 g/mol. The summed E-state index contributed by atoms with van der Waals surface area (Å²) in [5.74, 6) is -0.760. The molecule has 6 nitrogen and oxygen atoms in total. The Bertz CT molecular complexity index is 1280. The molecule has 7 heteroatoms. The minimum atomic E-state index is -0.542. The topological polar surface area (TPSA) is 60.9 Å². The summed E-state index contributed by atoms with van der Waals surface area (Å²) in [6, 6.07) is 23.6. The van der Waals surface area contributed by atoms with Crippen LogP contribution < -0.4 is 9.91 Å². The van der Waals surface area contributed by atoms with Gasteiger partial charge in [0.1, 0.15) is 5.82 Å². The average Bonchev–Trinajstić information content (AvgIpc) is 3.42. The third-order valence-corrected chi connectivity index (χ3v) is 5.39. The van der Waals surface area contributed by atoms with Crippen molar-refractivity contribution in [2.75, 3.05) is 16.5 Å². The highest BCUT2D eigenvalue weighted by molar-refractivity contribution is 6.42. The van der Waals surface area contributed by atoms with Gasteiger partial charge in [-0.1, -0.05) is 36.4 Å². The van der Waals surface area contributed by atoms with Crippen LogP contribution in [-0.4, -0.2) is 23.4 Å². The average molecular weight is 428 g/mol. The summed E-state index contributed by atoms with van der Waals surface area (Å²) in [5, 5.41) is 7.50. The fraction of sp³-hybridized carbons (Fsp3) is 0.120. The lowest BCUT2D eigenvalue weighted by Crippen LogP contribution is -2.39. The van der Waals surface area contributed by atoms with E-state index in [4.69, 9.17) is 9.84 Å². The lowest BCUT2D eigenvalue weighted by molar-refractivity contribution is -0.135. The standard InChI is InChI=1S/C25H21FN4O2/c1-2-32-25(31)23-28-30(19-8-4-3-5-9-19)24(29(23)18-14-12-17(26)13-15-18)21-16-27-22-11-7-6-10-20(21)22/h3-16,24,27H,2H2,1H3. The number of nitrogens with zero attached hydrogens (tertiary/aromatic N) is 3. The molecule has 0 saturated carbocycles. The van der Waals surface area contributed by atoms with E-state index in [0.717, 1.165) is 22.2 Å². The maximum Gasteiger partial charge on any atom is 0.376 e. The molecule has 1 N–H and O–H groups in total. The summed E-state index contributed by atoms with van der Waals surface area (Å²) in [5.41, 5.74) is 3.34. The second-order valence-corrected chi connectivity index (χ2v) is 7.33. The maximum atomic E-state index is 13.7. The van der Waals surface area contributed by atoms with Crippen molar-refractivity contribution in [2.24, 2.45) is 5.10 Å². The number of ether oxygens (including phenoxy) is 1. The molecule has 0 bridgehead atoms. The molecule has 1 unspecified atom stereocenters. The van der Waals surface area contributed by atoms with Gasteiger partial charge in [-0.05, 0) is 49.4 Å². The number of para-hydroxylation sites is 2. The van der Waals surface area contributed by atoms with Crippen molar-refractivity contribution in [3.8, 4) is 0 Å². The Kier molecular flexibility index (Phi) is 5.07. The summed E-state index contributed by atoms with van der Waals surface area (Å²) in [4.78, 5) is 18.0. The zero-order valence-corrected chi connectivity index (χ0v) is 17.4. The summed E-state index contributed by atoms with van der Waals surface area (Å²) < 4.78 is 19.0. The van der Waals surface area contributed by atoms with Gasteiger partial charge in [0.15, 0.2) is 6.17 Å². The van der Waals surface area contributed by atoms with Gasteiger partial charge < -0.3 is 9.72 Å². The molecule has 5 rings (SSSR count). The Labute approximate surface area is 184 Å². The van der Waals surface area contributed by atoms with Gasteiger partial charge >= 0.3 is 5.97 Å². The number of halogens is 1. The first-order chi connectivity index (χ1) is 15.7. The van der Waals surface area contributed by atoms with Gasteiger partial charge in [-0.15, -0.1) is 5.10 Å². The molecule has 0 amide bonds. The molecular formula is C25H21FN4O2. The third-order valence-electron chi connectivity index (χ3n) is 5.39. The Morgan fingerprint density at radius 1 is 1.00 bits per heavy atom. The first-order valence-corrected chi connectivity index (χ1v) is 10.4. The monoisotopic (exact) mass is 428 g/mol. The van der Waals surface area contributed by atoms with Crippen LogP contribution in [0.4, 0.5) is 15.8 Å². The number of rotatable bonds is 5. The first kappa shape index (κ1) is 19.8. The van der Waals surface area contributed by atoms with Gasteiger partial charge in [0.2, 0.25) is 5.84 Å². The molecule has 160 valence electrons. The van der Waals surface area contributed by atoms with Crippen LogP contribution in [0.3, 0.4) is 0 Å². The van der Waals surface area contributed by atoms with E-state index in [1.807, 2.05) is 60.8 Å². The number of carbonyl (C=O) groups excluding carboxylic acids is 1. The number of nitrogens with one attached hydrogen (secondary N) is 1. The number of aromatic nitrogens is 1. The number of fused-ring (bicyclic) bond motifs is 1. The van der Waals surface area contributed by atoms with E-state index in [1.165, 1.54) is 12.1 Å². The van der Waals surface area contributed by atoms with Crippen LogP contribution in [0.25, 0.3) is 10.9 Å². The molecule has 0 radical (unpaired) electrons. The highest BCUT2D eigenvalue weighted by atomic mass is 19.1. The fourth-order valence-electron chi connectivity index (χ4n) is 3.99. The zero-order valence-electron chi connectivity index (χ0n) is 17.4. The first-order valence-electron chi connectivity index (χ1n) is 10.4. The molecule has 4 aromatic rings. The predicted molar refractivity (Wildman–Crippen MR) is 123 cm³/mol. The van der Waals surface area contributed by atoms with Gasteiger partial charge in [0.25, 0.3) is 0 Å². The zero-order chi connectivity index (χ0) is 22.1. The number of carbonyl (C=O) groups is 1. The lowest BCUT2D eigenvalue weighted by atomic mass is 10.1. The number of hydrogen-bond donors (Lipinski definition) is 1. The van der Waals surface area contributed by atoms with Gasteiger partial charge in [0, 0.05) is 28.4 Å². The number of hydrogen-bond acceptors (Lipinski definition) is 5. The SMILES string of the molecule is CCOC(=O)C1=NN(c2ccccc2)C(c2c[nH]c3ccccc23)N1c1ccc(F)cc1. The number of anilines is 2. The molecule has 0 spiro atoms. The van der Waals surface area contributed by atoms with Crippen molar-refractivity contribution in [1.82, 2.24) is 4.98 Å². The summed E-state index contributed by atoms with van der Waals surface area (Å²) in [6.45, 7) is 1.97. The molecule has 2 heterocycles. The van der Waals surface area contributed by atoms with Gasteiger partial charge in [-0.2, -0.15) is 0 Å². The number of H-pyrrole nitrogens is 1. The van der Waals surface area contributed by atoms with E-state index < -0.39 is 12.1 Å². The number of esters is 1. The normalized spacial score (nSPS) is 15.8. The van der Waals surface area contributed by atoms with Crippen LogP contribution in [0.1, 0.15) is 18.7 Å². The molecule has 1 aliphatic heterocycles. The maximum absolute atomic E-state index is 13.7. The quantitative estimate of drug-likeness (QED) is 0.444. The van der Waals surface area contributed by atoms with E-state index in [2.05, 4.69) is 4.98 Å². The van der Waals surface area contributed by atoms with Crippen LogP contribution in [0.2, 0.25) is 0 Å². The van der Waals surface area contributed by atoms with Crippen LogP contribution in [-0.2, 0) is 9.53 Å². The fourth-order valence-corrected chi connectivity index (χ4v) is 3.99. The van der Waals surface area contributed by atoms with Crippen molar-refractivity contribution in [1.29, 1.82) is 0 Å².